The zero-order valence-electron chi connectivity index (χ0n) is 19.9. The molecule has 0 bridgehead atoms. The second-order valence-electron chi connectivity index (χ2n) is 9.20. The molecule has 5 nitrogen and oxygen atoms in total. The highest BCUT2D eigenvalue weighted by Crippen LogP contribution is 2.30. The molecule has 1 atom stereocenters. The number of hydrogen-bond acceptors (Lipinski definition) is 3. The average Bonchev–Trinajstić information content (AvgIpc) is 3.40. The molecule has 2 heterocycles. The van der Waals surface area contributed by atoms with Gasteiger partial charge in [0.2, 0.25) is 5.91 Å². The van der Waals surface area contributed by atoms with Crippen LogP contribution in [0.4, 0.5) is 0 Å². The van der Waals surface area contributed by atoms with Crippen LogP contribution in [0.1, 0.15) is 34.9 Å². The Hall–Kier alpha value is -3.60. The molecule has 1 unspecified atom stereocenters. The van der Waals surface area contributed by atoms with Crippen molar-refractivity contribution in [3.8, 4) is 5.75 Å². The van der Waals surface area contributed by atoms with Gasteiger partial charge in [-0.25, -0.2) is 4.98 Å². The molecule has 34 heavy (non-hydrogen) atoms. The summed E-state index contributed by atoms with van der Waals surface area (Å²) in [6, 6.07) is 24.8. The zero-order chi connectivity index (χ0) is 23.5. The molecule has 0 aliphatic carbocycles. The molecule has 0 spiro atoms. The van der Waals surface area contributed by atoms with E-state index in [0.29, 0.717) is 26.1 Å². The van der Waals surface area contributed by atoms with E-state index in [0.717, 1.165) is 41.1 Å². The Morgan fingerprint density at radius 1 is 0.971 bits per heavy atom. The Labute approximate surface area is 201 Å². The maximum Gasteiger partial charge on any atom is 0.223 e. The van der Waals surface area contributed by atoms with Crippen LogP contribution >= 0.6 is 0 Å². The number of nitrogens with zero attached hydrogens (tertiary/aromatic N) is 3. The first kappa shape index (κ1) is 22.2. The van der Waals surface area contributed by atoms with Crippen molar-refractivity contribution in [1.29, 1.82) is 0 Å². The first-order valence-corrected chi connectivity index (χ1v) is 12.1. The lowest BCUT2D eigenvalue weighted by atomic mass is 10.1. The Kier molecular flexibility index (Phi) is 6.35. The molecule has 1 fully saturated rings. The maximum absolute atomic E-state index is 12.8. The van der Waals surface area contributed by atoms with Gasteiger partial charge in [-0.1, -0.05) is 60.2 Å². The van der Waals surface area contributed by atoms with Gasteiger partial charge in [-0.15, -0.1) is 0 Å². The van der Waals surface area contributed by atoms with Crippen molar-refractivity contribution >= 4 is 16.9 Å². The van der Waals surface area contributed by atoms with E-state index in [1.54, 1.807) is 0 Å². The summed E-state index contributed by atoms with van der Waals surface area (Å²) in [5.41, 5.74) is 5.70. The Morgan fingerprint density at radius 3 is 2.59 bits per heavy atom. The number of aromatic nitrogens is 2. The van der Waals surface area contributed by atoms with Crippen molar-refractivity contribution in [3.63, 3.8) is 0 Å². The molecule has 5 heteroatoms. The summed E-state index contributed by atoms with van der Waals surface area (Å²) < 4.78 is 8.38. The van der Waals surface area contributed by atoms with Gasteiger partial charge in [0.25, 0.3) is 0 Å². The average molecular weight is 454 g/mol. The molecular formula is C29H31N3O2. The summed E-state index contributed by atoms with van der Waals surface area (Å²) in [5.74, 6) is 2.21. The number of hydrogen-bond donors (Lipinski definition) is 0. The van der Waals surface area contributed by atoms with Crippen molar-refractivity contribution in [2.24, 2.45) is 0 Å². The van der Waals surface area contributed by atoms with Gasteiger partial charge >= 0.3 is 0 Å². The first-order valence-electron chi connectivity index (χ1n) is 12.1. The molecule has 1 aliphatic heterocycles. The van der Waals surface area contributed by atoms with Crippen LogP contribution in [0, 0.1) is 13.8 Å². The number of aryl methyl sites for hydroxylation is 2. The highest BCUT2D eigenvalue weighted by Gasteiger charge is 2.33. The SMILES string of the molecule is Cc1ccc(OCCn2c(C3CC(=O)N(CCc4ccccc4)C3)nc3ccccc32)c(C)c1. The third-order valence-corrected chi connectivity index (χ3v) is 6.68. The fraction of sp³-hybridized carbons (Fsp3) is 0.310. The van der Waals surface area contributed by atoms with Gasteiger partial charge in [-0.05, 0) is 49.6 Å². The molecule has 0 saturated carbocycles. The van der Waals surface area contributed by atoms with E-state index in [1.807, 2.05) is 47.4 Å². The van der Waals surface area contributed by atoms with Crippen LogP contribution in [0.15, 0.2) is 72.8 Å². The molecule has 4 aromatic rings. The van der Waals surface area contributed by atoms with Crippen LogP contribution in [0.3, 0.4) is 0 Å². The number of rotatable bonds is 8. The number of carbonyl (C=O) groups is 1. The Bertz CT molecular complexity index is 1300. The molecule has 174 valence electrons. The van der Waals surface area contributed by atoms with E-state index < -0.39 is 0 Å². The Balaban J connectivity index is 1.32. The summed E-state index contributed by atoms with van der Waals surface area (Å²) in [7, 11) is 0. The van der Waals surface area contributed by atoms with E-state index in [1.165, 1.54) is 11.1 Å². The molecular weight excluding hydrogens is 422 g/mol. The smallest absolute Gasteiger partial charge is 0.223 e. The molecule has 1 amide bonds. The summed E-state index contributed by atoms with van der Waals surface area (Å²) in [5, 5.41) is 0. The lowest BCUT2D eigenvalue weighted by molar-refractivity contribution is -0.127. The number of benzene rings is 3. The van der Waals surface area contributed by atoms with Gasteiger partial charge in [0.15, 0.2) is 0 Å². The van der Waals surface area contributed by atoms with Crippen LogP contribution in [0.2, 0.25) is 0 Å². The van der Waals surface area contributed by atoms with Gasteiger partial charge in [0.1, 0.15) is 18.2 Å². The van der Waals surface area contributed by atoms with Crippen molar-refractivity contribution in [1.82, 2.24) is 14.5 Å². The predicted molar refractivity (Wildman–Crippen MR) is 135 cm³/mol. The van der Waals surface area contributed by atoms with Crippen LogP contribution in [-0.4, -0.2) is 40.1 Å². The number of para-hydroxylation sites is 2. The summed E-state index contributed by atoms with van der Waals surface area (Å²) in [6.07, 6.45) is 1.38. The monoisotopic (exact) mass is 453 g/mol. The minimum Gasteiger partial charge on any atom is -0.491 e. The van der Waals surface area contributed by atoms with Crippen LogP contribution in [0.5, 0.6) is 5.75 Å². The number of likely N-dealkylation sites (tertiary alicyclic amines) is 1. The minimum atomic E-state index is 0.0942. The van der Waals surface area contributed by atoms with Crippen molar-refractivity contribution < 1.29 is 9.53 Å². The van der Waals surface area contributed by atoms with E-state index in [4.69, 9.17) is 9.72 Å². The number of imidazole rings is 1. The van der Waals surface area contributed by atoms with Crippen LogP contribution in [-0.2, 0) is 17.8 Å². The number of carbonyl (C=O) groups excluding carboxylic acids is 1. The molecule has 3 aromatic carbocycles. The molecule has 1 aliphatic rings. The highest BCUT2D eigenvalue weighted by molar-refractivity contribution is 5.81. The molecule has 0 radical (unpaired) electrons. The third kappa shape index (κ3) is 4.69. The maximum atomic E-state index is 12.8. The number of ether oxygens (including phenoxy) is 1. The number of amides is 1. The zero-order valence-corrected chi connectivity index (χ0v) is 19.9. The van der Waals surface area contributed by atoms with Crippen LogP contribution < -0.4 is 4.74 Å². The summed E-state index contributed by atoms with van der Waals surface area (Å²) in [6.45, 7) is 6.87. The first-order chi connectivity index (χ1) is 16.6. The largest absolute Gasteiger partial charge is 0.491 e. The summed E-state index contributed by atoms with van der Waals surface area (Å²) in [4.78, 5) is 19.8. The normalized spacial score (nSPS) is 15.9. The quantitative estimate of drug-likeness (QED) is 0.364. The third-order valence-electron chi connectivity index (χ3n) is 6.68. The standard InChI is InChI=1S/C29H31N3O2/c1-21-12-13-27(22(2)18-21)34-17-16-32-26-11-7-6-10-25(26)30-29(32)24-19-28(33)31(20-24)15-14-23-8-4-3-5-9-23/h3-13,18,24H,14-17,19-20H2,1-2H3. The molecule has 1 saturated heterocycles. The van der Waals surface area contributed by atoms with Gasteiger partial charge < -0.3 is 14.2 Å². The van der Waals surface area contributed by atoms with E-state index in [-0.39, 0.29) is 11.8 Å². The van der Waals surface area contributed by atoms with Gasteiger partial charge in [-0.2, -0.15) is 0 Å². The predicted octanol–water partition coefficient (Wildman–Crippen LogP) is 5.29. The lowest BCUT2D eigenvalue weighted by Gasteiger charge is -2.18. The number of fused-ring (bicyclic) bond motifs is 1. The highest BCUT2D eigenvalue weighted by atomic mass is 16.5. The van der Waals surface area contributed by atoms with Crippen molar-refractivity contribution in [2.75, 3.05) is 19.7 Å². The lowest BCUT2D eigenvalue weighted by Crippen LogP contribution is -2.27. The minimum absolute atomic E-state index is 0.0942. The van der Waals surface area contributed by atoms with Gasteiger partial charge in [-0.3, -0.25) is 4.79 Å². The second-order valence-corrected chi connectivity index (χ2v) is 9.20. The fourth-order valence-corrected chi connectivity index (χ4v) is 4.92. The van der Waals surface area contributed by atoms with E-state index >= 15 is 0 Å². The van der Waals surface area contributed by atoms with Crippen LogP contribution in [0.25, 0.3) is 11.0 Å². The fourth-order valence-electron chi connectivity index (χ4n) is 4.92. The van der Waals surface area contributed by atoms with Crippen molar-refractivity contribution in [3.05, 3.63) is 95.3 Å². The summed E-state index contributed by atoms with van der Waals surface area (Å²) >= 11 is 0. The Morgan fingerprint density at radius 2 is 1.76 bits per heavy atom. The van der Waals surface area contributed by atoms with E-state index in [9.17, 15) is 4.79 Å². The van der Waals surface area contributed by atoms with Crippen molar-refractivity contribution in [2.45, 2.75) is 39.2 Å². The molecule has 1 aromatic heterocycles. The van der Waals surface area contributed by atoms with Gasteiger partial charge in [0.05, 0.1) is 17.6 Å². The van der Waals surface area contributed by atoms with E-state index in [2.05, 4.69) is 48.7 Å². The molecule has 5 rings (SSSR count). The van der Waals surface area contributed by atoms with Gasteiger partial charge in [0, 0.05) is 25.4 Å². The molecule has 0 N–H and O–H groups in total. The topological polar surface area (TPSA) is 47.4 Å². The second kappa shape index (κ2) is 9.72.